The summed E-state index contributed by atoms with van der Waals surface area (Å²) in [4.78, 5) is 26.8. The SMILES string of the molecule is N=C(N)NCCC[C@@H](NC(=O)C(c1ccccc1)c1ccccc1)C(=O)NCc1ccc(CCO)cc1. The second kappa shape index (κ2) is 14.4. The van der Waals surface area contributed by atoms with Gasteiger partial charge in [-0.3, -0.25) is 15.0 Å². The van der Waals surface area contributed by atoms with Crippen LogP contribution in [0.5, 0.6) is 0 Å². The monoisotopic (exact) mass is 501 g/mol. The van der Waals surface area contributed by atoms with E-state index >= 15 is 0 Å². The topological polar surface area (TPSA) is 140 Å². The van der Waals surface area contributed by atoms with Crippen LogP contribution in [-0.4, -0.2) is 42.1 Å². The van der Waals surface area contributed by atoms with Gasteiger partial charge < -0.3 is 26.8 Å². The highest BCUT2D eigenvalue weighted by atomic mass is 16.3. The van der Waals surface area contributed by atoms with Crippen molar-refractivity contribution in [1.82, 2.24) is 16.0 Å². The summed E-state index contributed by atoms with van der Waals surface area (Å²) in [5.74, 6) is -1.24. The van der Waals surface area contributed by atoms with Gasteiger partial charge in [0.1, 0.15) is 6.04 Å². The van der Waals surface area contributed by atoms with Gasteiger partial charge in [-0.25, -0.2) is 0 Å². The number of nitrogens with one attached hydrogen (secondary N) is 4. The van der Waals surface area contributed by atoms with Crippen LogP contribution in [0, 0.1) is 5.41 Å². The van der Waals surface area contributed by atoms with Crippen molar-refractivity contribution in [3.8, 4) is 0 Å². The molecule has 3 rings (SSSR count). The first-order valence-corrected chi connectivity index (χ1v) is 12.4. The summed E-state index contributed by atoms with van der Waals surface area (Å²) in [5.41, 5.74) is 8.99. The average molecular weight is 502 g/mol. The van der Waals surface area contributed by atoms with E-state index in [0.29, 0.717) is 32.4 Å². The Kier molecular flexibility index (Phi) is 10.7. The molecule has 194 valence electrons. The summed E-state index contributed by atoms with van der Waals surface area (Å²) in [6, 6.07) is 25.9. The number of aliphatic hydroxyl groups excluding tert-OH is 1. The molecule has 0 radical (unpaired) electrons. The second-order valence-electron chi connectivity index (χ2n) is 8.81. The Bertz CT molecular complexity index is 1100. The lowest BCUT2D eigenvalue weighted by Crippen LogP contribution is -2.48. The van der Waals surface area contributed by atoms with Gasteiger partial charge in [-0.2, -0.15) is 0 Å². The maximum Gasteiger partial charge on any atom is 0.242 e. The number of hydrogen-bond acceptors (Lipinski definition) is 4. The fourth-order valence-corrected chi connectivity index (χ4v) is 4.10. The molecule has 0 bridgehead atoms. The Balaban J connectivity index is 1.73. The third kappa shape index (κ3) is 8.77. The van der Waals surface area contributed by atoms with Crippen LogP contribution >= 0.6 is 0 Å². The lowest BCUT2D eigenvalue weighted by Gasteiger charge is -2.23. The Hall–Kier alpha value is -4.17. The first-order valence-electron chi connectivity index (χ1n) is 12.4. The summed E-state index contributed by atoms with van der Waals surface area (Å²) in [7, 11) is 0. The second-order valence-corrected chi connectivity index (χ2v) is 8.81. The number of carbonyl (C=O) groups excluding carboxylic acids is 2. The molecular weight excluding hydrogens is 466 g/mol. The molecule has 3 aromatic rings. The van der Waals surface area contributed by atoms with Crippen molar-refractivity contribution < 1.29 is 14.7 Å². The predicted molar refractivity (Wildman–Crippen MR) is 145 cm³/mol. The maximum absolute atomic E-state index is 13.6. The molecule has 0 spiro atoms. The van der Waals surface area contributed by atoms with Crippen LogP contribution < -0.4 is 21.7 Å². The van der Waals surface area contributed by atoms with Crippen molar-refractivity contribution in [1.29, 1.82) is 5.41 Å². The number of aliphatic hydroxyl groups is 1. The molecule has 1 atom stereocenters. The van der Waals surface area contributed by atoms with E-state index in [2.05, 4.69) is 16.0 Å². The van der Waals surface area contributed by atoms with Crippen molar-refractivity contribution in [2.75, 3.05) is 13.2 Å². The number of benzene rings is 3. The maximum atomic E-state index is 13.6. The highest BCUT2D eigenvalue weighted by Crippen LogP contribution is 2.25. The van der Waals surface area contributed by atoms with Crippen molar-refractivity contribution in [3.63, 3.8) is 0 Å². The van der Waals surface area contributed by atoms with E-state index in [9.17, 15) is 9.59 Å². The minimum absolute atomic E-state index is 0.0862. The Morgan fingerprint density at radius 2 is 1.38 bits per heavy atom. The molecule has 0 unspecified atom stereocenters. The summed E-state index contributed by atoms with van der Waals surface area (Å²) >= 11 is 0. The normalized spacial score (nSPS) is 11.5. The molecule has 7 N–H and O–H groups in total. The van der Waals surface area contributed by atoms with E-state index in [1.165, 1.54) is 0 Å². The number of rotatable bonds is 13. The molecule has 0 aliphatic rings. The summed E-state index contributed by atoms with van der Waals surface area (Å²) < 4.78 is 0. The Morgan fingerprint density at radius 3 is 1.92 bits per heavy atom. The molecule has 8 heteroatoms. The van der Waals surface area contributed by atoms with Gasteiger partial charge in [-0.1, -0.05) is 84.9 Å². The third-order valence-electron chi connectivity index (χ3n) is 6.04. The standard InChI is InChI=1S/C29H35N5O3/c30-29(31)32-18-7-12-25(27(36)33-20-22-15-13-21(14-16-22)17-19-35)34-28(37)26(23-8-3-1-4-9-23)24-10-5-2-6-11-24/h1-6,8-11,13-16,25-26,35H,7,12,17-20H2,(H,33,36)(H,34,37)(H4,30,31,32)/t25-/m1/s1. The fourth-order valence-electron chi connectivity index (χ4n) is 4.10. The van der Waals surface area contributed by atoms with Crippen LogP contribution in [0.25, 0.3) is 0 Å². The van der Waals surface area contributed by atoms with Crippen LogP contribution in [0.15, 0.2) is 84.9 Å². The van der Waals surface area contributed by atoms with Crippen LogP contribution in [0.3, 0.4) is 0 Å². The zero-order valence-corrected chi connectivity index (χ0v) is 20.8. The van der Waals surface area contributed by atoms with Crippen LogP contribution in [-0.2, 0) is 22.6 Å². The lowest BCUT2D eigenvalue weighted by molar-refractivity contribution is -0.129. The summed E-state index contributed by atoms with van der Waals surface area (Å²) in [6.45, 7) is 0.822. The largest absolute Gasteiger partial charge is 0.396 e. The third-order valence-corrected chi connectivity index (χ3v) is 6.04. The smallest absolute Gasteiger partial charge is 0.242 e. The number of carbonyl (C=O) groups is 2. The highest BCUT2D eigenvalue weighted by Gasteiger charge is 2.27. The van der Waals surface area contributed by atoms with E-state index < -0.39 is 12.0 Å². The first-order chi connectivity index (χ1) is 18.0. The van der Waals surface area contributed by atoms with Gasteiger partial charge in [0, 0.05) is 19.7 Å². The molecule has 0 aliphatic heterocycles. The van der Waals surface area contributed by atoms with Gasteiger partial charge in [-0.05, 0) is 41.5 Å². The summed E-state index contributed by atoms with van der Waals surface area (Å²) in [5, 5.41) is 25.1. The molecule has 2 amide bonds. The van der Waals surface area contributed by atoms with Gasteiger partial charge in [0.15, 0.2) is 5.96 Å². The minimum Gasteiger partial charge on any atom is -0.396 e. The lowest BCUT2D eigenvalue weighted by atomic mass is 9.90. The molecular formula is C29H35N5O3. The zero-order valence-electron chi connectivity index (χ0n) is 20.8. The number of hydrogen-bond donors (Lipinski definition) is 6. The van der Waals surface area contributed by atoms with Gasteiger partial charge in [0.2, 0.25) is 11.8 Å². The van der Waals surface area contributed by atoms with E-state index in [-0.39, 0.29) is 24.4 Å². The molecule has 0 saturated carbocycles. The number of amides is 2. The first kappa shape index (κ1) is 27.4. The van der Waals surface area contributed by atoms with Crippen LogP contribution in [0.4, 0.5) is 0 Å². The molecule has 0 aromatic heterocycles. The Morgan fingerprint density at radius 1 is 0.811 bits per heavy atom. The summed E-state index contributed by atoms with van der Waals surface area (Å²) in [6.07, 6.45) is 1.50. The van der Waals surface area contributed by atoms with E-state index in [1.807, 2.05) is 84.9 Å². The quantitative estimate of drug-likeness (QED) is 0.121. The molecule has 8 nitrogen and oxygen atoms in total. The van der Waals surface area contributed by atoms with E-state index in [4.69, 9.17) is 16.2 Å². The highest BCUT2D eigenvalue weighted by molar-refractivity contribution is 5.92. The molecule has 0 saturated heterocycles. The minimum atomic E-state index is -0.759. The zero-order chi connectivity index (χ0) is 26.5. The number of nitrogens with two attached hydrogens (primary N) is 1. The van der Waals surface area contributed by atoms with Crippen molar-refractivity contribution in [2.45, 2.75) is 37.8 Å². The van der Waals surface area contributed by atoms with E-state index in [0.717, 1.165) is 22.3 Å². The number of guanidine groups is 1. The molecule has 0 aliphatic carbocycles. The average Bonchev–Trinajstić information content (AvgIpc) is 2.91. The molecule has 3 aromatic carbocycles. The van der Waals surface area contributed by atoms with Crippen molar-refractivity contribution in [3.05, 3.63) is 107 Å². The van der Waals surface area contributed by atoms with Crippen LogP contribution in [0.2, 0.25) is 0 Å². The fraction of sp³-hybridized carbons (Fsp3) is 0.276. The molecule has 0 heterocycles. The van der Waals surface area contributed by atoms with Gasteiger partial charge in [0.05, 0.1) is 5.92 Å². The predicted octanol–water partition coefficient (Wildman–Crippen LogP) is 2.42. The van der Waals surface area contributed by atoms with E-state index in [1.54, 1.807) is 0 Å². The van der Waals surface area contributed by atoms with Crippen molar-refractivity contribution >= 4 is 17.8 Å². The van der Waals surface area contributed by atoms with Gasteiger partial charge in [-0.15, -0.1) is 0 Å². The van der Waals surface area contributed by atoms with Gasteiger partial charge >= 0.3 is 0 Å². The Labute approximate surface area is 217 Å². The molecule has 37 heavy (non-hydrogen) atoms. The van der Waals surface area contributed by atoms with Gasteiger partial charge in [0.25, 0.3) is 0 Å². The van der Waals surface area contributed by atoms with Crippen LogP contribution in [0.1, 0.15) is 41.0 Å². The van der Waals surface area contributed by atoms with Crippen molar-refractivity contribution in [2.24, 2.45) is 5.73 Å². The molecule has 0 fully saturated rings.